The van der Waals surface area contributed by atoms with Crippen LogP contribution in [0.5, 0.6) is 5.75 Å². The summed E-state index contributed by atoms with van der Waals surface area (Å²) in [5, 5.41) is 28.8. The zero-order valence-corrected chi connectivity index (χ0v) is 16.9. The molecule has 31 heavy (non-hydrogen) atoms. The number of hydrogen-bond donors (Lipinski definition) is 2. The molecule has 0 aliphatic carbocycles. The molecule has 0 saturated heterocycles. The number of rotatable bonds is 5. The molecule has 2 aromatic heterocycles. The number of carbonyl (C=O) groups excluding carboxylic acids is 1. The maximum Gasteiger partial charge on any atom is 0.271 e. The van der Waals surface area contributed by atoms with E-state index in [9.17, 15) is 20.0 Å². The number of amides is 1. The number of fused-ring (bicyclic) bond motifs is 1. The van der Waals surface area contributed by atoms with Crippen molar-refractivity contribution < 1.29 is 14.8 Å². The van der Waals surface area contributed by atoms with Crippen molar-refractivity contribution in [3.63, 3.8) is 0 Å². The van der Waals surface area contributed by atoms with Crippen LogP contribution in [-0.2, 0) is 6.54 Å². The van der Waals surface area contributed by atoms with Gasteiger partial charge in [0, 0.05) is 35.8 Å². The monoisotopic (exact) mass is 417 g/mol. The molecule has 0 spiro atoms. The largest absolute Gasteiger partial charge is 0.506 e. The smallest absolute Gasteiger partial charge is 0.271 e. The predicted molar refractivity (Wildman–Crippen MR) is 116 cm³/mol. The summed E-state index contributed by atoms with van der Waals surface area (Å²) < 4.78 is 1.79. The number of carbonyl (C=O) groups is 1. The molecule has 0 atom stereocenters. The molecule has 0 aliphatic rings. The first kappa shape index (κ1) is 20.0. The first-order valence-corrected chi connectivity index (χ1v) is 9.60. The van der Waals surface area contributed by atoms with Gasteiger partial charge in [-0.2, -0.15) is 5.10 Å². The second kappa shape index (κ2) is 7.86. The maximum atomic E-state index is 13.2. The Bertz CT molecular complexity index is 1330. The number of nitro groups is 1. The van der Waals surface area contributed by atoms with Crippen molar-refractivity contribution >= 4 is 28.2 Å². The van der Waals surface area contributed by atoms with E-state index in [1.807, 2.05) is 26.1 Å². The molecule has 156 valence electrons. The summed E-state index contributed by atoms with van der Waals surface area (Å²) in [7, 11) is 0. The van der Waals surface area contributed by atoms with Crippen molar-refractivity contribution in [1.29, 1.82) is 0 Å². The fraction of sp³-hybridized carbons (Fsp3) is 0.136. The van der Waals surface area contributed by atoms with Crippen LogP contribution in [-0.4, -0.2) is 30.7 Å². The Morgan fingerprint density at radius 3 is 2.71 bits per heavy atom. The fourth-order valence-corrected chi connectivity index (χ4v) is 3.36. The predicted octanol–water partition coefficient (Wildman–Crippen LogP) is 4.29. The molecule has 4 rings (SSSR count). The molecule has 0 saturated carbocycles. The minimum absolute atomic E-state index is 0.0448. The zero-order valence-electron chi connectivity index (χ0n) is 16.9. The first-order valence-electron chi connectivity index (χ1n) is 9.60. The Kier molecular flexibility index (Phi) is 5.08. The highest BCUT2D eigenvalue weighted by Gasteiger charge is 2.19. The lowest BCUT2D eigenvalue weighted by atomic mass is 10.0. The Morgan fingerprint density at radius 1 is 1.23 bits per heavy atom. The molecule has 0 unspecified atom stereocenters. The molecule has 2 N–H and O–H groups in total. The van der Waals surface area contributed by atoms with Crippen molar-refractivity contribution in [3.8, 4) is 17.0 Å². The van der Waals surface area contributed by atoms with Gasteiger partial charge in [0.1, 0.15) is 5.75 Å². The Hall–Kier alpha value is -4.27. The lowest BCUT2D eigenvalue weighted by Gasteiger charge is -2.11. The van der Waals surface area contributed by atoms with E-state index < -0.39 is 10.8 Å². The molecule has 0 aliphatic heterocycles. The van der Waals surface area contributed by atoms with E-state index in [-0.39, 0.29) is 17.1 Å². The second-order valence-electron chi connectivity index (χ2n) is 6.97. The van der Waals surface area contributed by atoms with E-state index >= 15 is 0 Å². The van der Waals surface area contributed by atoms with Crippen molar-refractivity contribution in [2.45, 2.75) is 20.4 Å². The summed E-state index contributed by atoms with van der Waals surface area (Å²) >= 11 is 0. The quantitative estimate of drug-likeness (QED) is 0.284. The normalized spacial score (nSPS) is 10.9. The number of nitrogens with one attached hydrogen (secondary N) is 1. The van der Waals surface area contributed by atoms with Gasteiger partial charge in [-0.3, -0.25) is 19.6 Å². The van der Waals surface area contributed by atoms with Crippen LogP contribution in [0.3, 0.4) is 0 Å². The zero-order chi connectivity index (χ0) is 22.1. The van der Waals surface area contributed by atoms with Crippen molar-refractivity contribution in [2.75, 3.05) is 5.32 Å². The Morgan fingerprint density at radius 2 is 2.00 bits per heavy atom. The number of hydrogen-bond acceptors (Lipinski definition) is 6. The van der Waals surface area contributed by atoms with Crippen LogP contribution in [0, 0.1) is 17.0 Å². The minimum atomic E-state index is -0.594. The van der Waals surface area contributed by atoms with E-state index in [1.54, 1.807) is 28.9 Å². The molecule has 2 aromatic carbocycles. The standard InChI is InChI=1S/C22H19N5O4/c1-3-26-12-17(13(2)25-26)19-11-16(15-6-4-5-7-18(15)23-19)22(29)24-20-10-14(27(30)31)8-9-21(20)28/h4-12,28H,3H2,1-2H3,(H,24,29). The number of benzene rings is 2. The minimum Gasteiger partial charge on any atom is -0.506 e. The highest BCUT2D eigenvalue weighted by Crippen LogP contribution is 2.30. The van der Waals surface area contributed by atoms with Gasteiger partial charge in [0.05, 0.1) is 33.1 Å². The average Bonchev–Trinajstić information content (AvgIpc) is 3.15. The molecule has 0 bridgehead atoms. The molecule has 0 radical (unpaired) electrons. The SMILES string of the molecule is CCn1cc(-c2cc(C(=O)Nc3cc([N+](=O)[O-])ccc3O)c3ccccc3n2)c(C)n1. The molecule has 9 nitrogen and oxygen atoms in total. The van der Waals surface area contributed by atoms with Crippen LogP contribution in [0.1, 0.15) is 23.0 Å². The molecule has 9 heteroatoms. The molecule has 4 aromatic rings. The number of nitrogens with zero attached hydrogens (tertiary/aromatic N) is 4. The molecule has 1 amide bonds. The topological polar surface area (TPSA) is 123 Å². The summed E-state index contributed by atoms with van der Waals surface area (Å²) in [5.41, 5.74) is 2.84. The van der Waals surface area contributed by atoms with Gasteiger partial charge in [-0.05, 0) is 32.0 Å². The number of nitro benzene ring substituents is 1. The summed E-state index contributed by atoms with van der Waals surface area (Å²) in [5.74, 6) is -0.784. The van der Waals surface area contributed by atoms with E-state index in [2.05, 4.69) is 15.4 Å². The van der Waals surface area contributed by atoms with Gasteiger partial charge in [-0.15, -0.1) is 0 Å². The van der Waals surface area contributed by atoms with Gasteiger partial charge in [0.25, 0.3) is 11.6 Å². The Labute approximate surface area is 177 Å². The third kappa shape index (κ3) is 3.80. The van der Waals surface area contributed by atoms with E-state index in [1.165, 1.54) is 12.1 Å². The summed E-state index contributed by atoms with van der Waals surface area (Å²) in [6.45, 7) is 4.56. The van der Waals surface area contributed by atoms with Crippen molar-refractivity contribution in [3.05, 3.63) is 76.1 Å². The lowest BCUT2D eigenvalue weighted by molar-refractivity contribution is -0.384. The van der Waals surface area contributed by atoms with Gasteiger partial charge < -0.3 is 10.4 Å². The van der Waals surface area contributed by atoms with Crippen molar-refractivity contribution in [1.82, 2.24) is 14.8 Å². The molecular weight excluding hydrogens is 398 g/mol. The van der Waals surface area contributed by atoms with Crippen LogP contribution in [0.15, 0.2) is 54.7 Å². The Balaban J connectivity index is 1.81. The average molecular weight is 417 g/mol. The number of aromatic hydroxyl groups is 1. The van der Waals surface area contributed by atoms with Crippen LogP contribution < -0.4 is 5.32 Å². The van der Waals surface area contributed by atoms with Gasteiger partial charge in [-0.25, -0.2) is 4.98 Å². The van der Waals surface area contributed by atoms with Crippen LogP contribution in [0.4, 0.5) is 11.4 Å². The highest BCUT2D eigenvalue weighted by atomic mass is 16.6. The number of phenols is 1. The number of pyridine rings is 1. The highest BCUT2D eigenvalue weighted by molar-refractivity contribution is 6.13. The van der Waals surface area contributed by atoms with E-state index in [4.69, 9.17) is 0 Å². The van der Waals surface area contributed by atoms with Crippen molar-refractivity contribution in [2.24, 2.45) is 0 Å². The van der Waals surface area contributed by atoms with Gasteiger partial charge in [-0.1, -0.05) is 18.2 Å². The van der Waals surface area contributed by atoms with Crippen LogP contribution in [0.25, 0.3) is 22.2 Å². The number of non-ortho nitro benzene ring substituents is 1. The third-order valence-electron chi connectivity index (χ3n) is 4.95. The number of anilines is 1. The number of phenolic OH excluding ortho intramolecular Hbond substituents is 1. The van der Waals surface area contributed by atoms with E-state index in [0.29, 0.717) is 28.7 Å². The fourth-order valence-electron chi connectivity index (χ4n) is 3.36. The first-order chi connectivity index (χ1) is 14.9. The summed E-state index contributed by atoms with van der Waals surface area (Å²) in [6.07, 6.45) is 1.88. The summed E-state index contributed by atoms with van der Waals surface area (Å²) in [4.78, 5) is 28.3. The molecule has 2 heterocycles. The maximum absolute atomic E-state index is 13.2. The number of para-hydroxylation sites is 1. The summed E-state index contributed by atoms with van der Waals surface area (Å²) in [6, 6.07) is 12.3. The molecule has 0 fully saturated rings. The second-order valence-corrected chi connectivity index (χ2v) is 6.97. The lowest BCUT2D eigenvalue weighted by Crippen LogP contribution is -2.13. The third-order valence-corrected chi connectivity index (χ3v) is 4.95. The van der Waals surface area contributed by atoms with E-state index in [0.717, 1.165) is 17.3 Å². The number of aromatic nitrogens is 3. The number of aryl methyl sites for hydroxylation is 2. The van der Waals surface area contributed by atoms with Gasteiger partial charge in [0.15, 0.2) is 0 Å². The molecular formula is C22H19N5O4. The van der Waals surface area contributed by atoms with Crippen LogP contribution in [0.2, 0.25) is 0 Å². The van der Waals surface area contributed by atoms with Crippen LogP contribution >= 0.6 is 0 Å². The van der Waals surface area contributed by atoms with Gasteiger partial charge in [0.2, 0.25) is 0 Å². The van der Waals surface area contributed by atoms with Gasteiger partial charge >= 0.3 is 0 Å².